The maximum absolute atomic E-state index is 12.7. The summed E-state index contributed by atoms with van der Waals surface area (Å²) in [6.45, 7) is 1.82. The largest absolute Gasteiger partial charge is 0.457 e. The second-order valence-electron chi connectivity index (χ2n) is 5.90. The van der Waals surface area contributed by atoms with E-state index in [-0.39, 0.29) is 5.91 Å². The lowest BCUT2D eigenvalue weighted by Crippen LogP contribution is -2.21. The van der Waals surface area contributed by atoms with Crippen molar-refractivity contribution in [1.29, 1.82) is 0 Å². The summed E-state index contributed by atoms with van der Waals surface area (Å²) in [5.41, 5.74) is 2.92. The van der Waals surface area contributed by atoms with E-state index in [2.05, 4.69) is 21.0 Å². The summed E-state index contributed by atoms with van der Waals surface area (Å²) in [7, 11) is 0. The maximum atomic E-state index is 12.7. The molecule has 0 bridgehead atoms. The first-order valence-electron chi connectivity index (χ1n) is 8.14. The van der Waals surface area contributed by atoms with Gasteiger partial charge in [0.15, 0.2) is 0 Å². The first-order valence-corrected chi connectivity index (χ1v) is 8.94. The number of rotatable bonds is 3. The molecule has 0 saturated heterocycles. The van der Waals surface area contributed by atoms with Crippen LogP contribution in [0.4, 0.5) is 5.69 Å². The van der Waals surface area contributed by atoms with Gasteiger partial charge in [0.2, 0.25) is 0 Å². The summed E-state index contributed by atoms with van der Waals surface area (Å²) in [4.78, 5) is 12.7. The smallest absolute Gasteiger partial charge is 0.280 e. The molecule has 0 saturated carbocycles. The van der Waals surface area contributed by atoms with Gasteiger partial charge in [-0.05, 0) is 49.4 Å². The molecule has 4 nitrogen and oxygen atoms in total. The fourth-order valence-corrected chi connectivity index (χ4v) is 3.03. The molecule has 1 amide bonds. The van der Waals surface area contributed by atoms with Gasteiger partial charge in [-0.2, -0.15) is 10.1 Å². The van der Waals surface area contributed by atoms with Gasteiger partial charge in [0.25, 0.3) is 5.91 Å². The topological polar surface area (TPSA) is 45.8 Å². The van der Waals surface area contributed by atoms with E-state index >= 15 is 0 Å². The van der Waals surface area contributed by atoms with E-state index in [9.17, 15) is 4.79 Å². The third kappa shape index (κ3) is 3.13. The highest BCUT2D eigenvalue weighted by molar-refractivity contribution is 9.10. The Kier molecular flexibility index (Phi) is 4.31. The lowest BCUT2D eigenvalue weighted by Gasteiger charge is -2.10. The summed E-state index contributed by atoms with van der Waals surface area (Å²) < 4.78 is 6.91. The van der Waals surface area contributed by atoms with Gasteiger partial charge < -0.3 is 4.42 Å². The molecular formula is C21H15BrN2O2. The molecular weight excluding hydrogens is 392 g/mol. The zero-order valence-electron chi connectivity index (χ0n) is 14.0. The van der Waals surface area contributed by atoms with Crippen LogP contribution in [0.3, 0.4) is 0 Å². The third-order valence-electron chi connectivity index (χ3n) is 4.11. The van der Waals surface area contributed by atoms with E-state index in [0.717, 1.165) is 21.5 Å². The van der Waals surface area contributed by atoms with Crippen molar-refractivity contribution < 1.29 is 9.21 Å². The number of para-hydroxylation sites is 1. The molecule has 2 aromatic carbocycles. The Morgan fingerprint density at radius 1 is 1.00 bits per heavy atom. The van der Waals surface area contributed by atoms with Crippen molar-refractivity contribution >= 4 is 39.3 Å². The zero-order chi connectivity index (χ0) is 18.1. The van der Waals surface area contributed by atoms with Crippen molar-refractivity contribution in [3.05, 3.63) is 82.5 Å². The molecule has 3 aromatic rings. The van der Waals surface area contributed by atoms with Gasteiger partial charge in [0.1, 0.15) is 11.5 Å². The molecule has 0 aliphatic carbocycles. The Balaban J connectivity index is 1.62. The minimum Gasteiger partial charge on any atom is -0.457 e. The second-order valence-corrected chi connectivity index (χ2v) is 6.82. The number of amides is 1. The van der Waals surface area contributed by atoms with E-state index < -0.39 is 0 Å². The highest BCUT2D eigenvalue weighted by atomic mass is 79.9. The number of hydrazone groups is 1. The van der Waals surface area contributed by atoms with Crippen LogP contribution in [-0.2, 0) is 4.79 Å². The van der Waals surface area contributed by atoms with Crippen molar-refractivity contribution in [2.75, 3.05) is 5.01 Å². The average molecular weight is 407 g/mol. The molecule has 128 valence electrons. The van der Waals surface area contributed by atoms with Gasteiger partial charge in [-0.1, -0.05) is 46.3 Å². The highest BCUT2D eigenvalue weighted by Crippen LogP contribution is 2.28. The van der Waals surface area contributed by atoms with Crippen LogP contribution in [0.15, 0.2) is 86.3 Å². The molecule has 0 N–H and O–H groups in total. The van der Waals surface area contributed by atoms with Gasteiger partial charge in [0, 0.05) is 10.0 Å². The van der Waals surface area contributed by atoms with E-state index in [1.807, 2.05) is 73.7 Å². The molecule has 0 radical (unpaired) electrons. The summed E-state index contributed by atoms with van der Waals surface area (Å²) in [6, 6.07) is 21.0. The Labute approximate surface area is 159 Å². The maximum Gasteiger partial charge on any atom is 0.280 e. The van der Waals surface area contributed by atoms with Crippen LogP contribution >= 0.6 is 15.9 Å². The van der Waals surface area contributed by atoms with Crippen molar-refractivity contribution in [3.63, 3.8) is 0 Å². The fourth-order valence-electron chi connectivity index (χ4n) is 2.77. The van der Waals surface area contributed by atoms with Gasteiger partial charge in [0.05, 0.1) is 17.0 Å². The van der Waals surface area contributed by atoms with E-state index in [4.69, 9.17) is 4.42 Å². The predicted octanol–water partition coefficient (Wildman–Crippen LogP) is 5.52. The standard InChI is InChI=1S/C21H15BrN2O2/c1-14-19(21(25)24(23-14)17-5-3-2-4-6-17)13-18-11-12-20(26-18)15-7-9-16(22)10-8-15/h2-13H,1H3/b19-13+. The molecule has 26 heavy (non-hydrogen) atoms. The number of halogens is 1. The number of carbonyl (C=O) groups is 1. The molecule has 2 heterocycles. The van der Waals surface area contributed by atoms with Crippen LogP contribution in [0.25, 0.3) is 17.4 Å². The lowest BCUT2D eigenvalue weighted by atomic mass is 10.1. The summed E-state index contributed by atoms with van der Waals surface area (Å²) in [5, 5.41) is 5.79. The summed E-state index contributed by atoms with van der Waals surface area (Å²) >= 11 is 3.42. The summed E-state index contributed by atoms with van der Waals surface area (Å²) in [5.74, 6) is 1.22. The highest BCUT2D eigenvalue weighted by Gasteiger charge is 2.28. The average Bonchev–Trinajstić information content (AvgIpc) is 3.23. The summed E-state index contributed by atoms with van der Waals surface area (Å²) in [6.07, 6.45) is 1.74. The number of anilines is 1. The number of carbonyl (C=O) groups excluding carboxylic acids is 1. The number of nitrogens with zero attached hydrogens (tertiary/aromatic N) is 2. The Morgan fingerprint density at radius 2 is 1.73 bits per heavy atom. The SMILES string of the molecule is CC1=NN(c2ccccc2)C(=O)/C1=C/c1ccc(-c2ccc(Br)cc2)o1. The van der Waals surface area contributed by atoms with Crippen LogP contribution < -0.4 is 5.01 Å². The number of hydrogen-bond acceptors (Lipinski definition) is 3. The molecule has 1 aliphatic heterocycles. The molecule has 1 aliphatic rings. The Hall–Kier alpha value is -2.92. The molecule has 0 spiro atoms. The van der Waals surface area contributed by atoms with Crippen molar-refractivity contribution in [3.8, 4) is 11.3 Å². The van der Waals surface area contributed by atoms with E-state index in [1.54, 1.807) is 6.08 Å². The number of benzene rings is 2. The molecule has 0 fully saturated rings. The van der Waals surface area contributed by atoms with Crippen molar-refractivity contribution in [2.45, 2.75) is 6.92 Å². The van der Waals surface area contributed by atoms with Gasteiger partial charge in [-0.3, -0.25) is 4.79 Å². The van der Waals surface area contributed by atoms with Crippen LogP contribution in [0.1, 0.15) is 12.7 Å². The Morgan fingerprint density at radius 3 is 2.46 bits per heavy atom. The number of furan rings is 1. The van der Waals surface area contributed by atoms with Gasteiger partial charge >= 0.3 is 0 Å². The normalized spacial score (nSPS) is 15.6. The number of hydrogen-bond donors (Lipinski definition) is 0. The van der Waals surface area contributed by atoms with E-state index in [1.165, 1.54) is 5.01 Å². The van der Waals surface area contributed by atoms with Crippen LogP contribution in [0, 0.1) is 0 Å². The first kappa shape index (κ1) is 16.5. The minimum atomic E-state index is -0.157. The zero-order valence-corrected chi connectivity index (χ0v) is 15.6. The lowest BCUT2D eigenvalue weighted by molar-refractivity contribution is -0.114. The van der Waals surface area contributed by atoms with E-state index in [0.29, 0.717) is 17.0 Å². The van der Waals surface area contributed by atoms with Crippen molar-refractivity contribution in [2.24, 2.45) is 5.10 Å². The van der Waals surface area contributed by atoms with Gasteiger partial charge in [-0.25, -0.2) is 0 Å². The third-order valence-corrected chi connectivity index (χ3v) is 4.63. The minimum absolute atomic E-state index is 0.157. The first-order chi connectivity index (χ1) is 12.6. The van der Waals surface area contributed by atoms with Crippen molar-refractivity contribution in [1.82, 2.24) is 0 Å². The van der Waals surface area contributed by atoms with Gasteiger partial charge in [-0.15, -0.1) is 0 Å². The fraction of sp³-hybridized carbons (Fsp3) is 0.0476. The van der Waals surface area contributed by atoms with Crippen LogP contribution in [-0.4, -0.2) is 11.6 Å². The molecule has 4 rings (SSSR count). The second kappa shape index (κ2) is 6.77. The van der Waals surface area contributed by atoms with Crippen LogP contribution in [0.5, 0.6) is 0 Å². The molecule has 5 heteroatoms. The van der Waals surface area contributed by atoms with Crippen LogP contribution in [0.2, 0.25) is 0 Å². The Bertz CT molecular complexity index is 1020. The molecule has 0 unspecified atom stereocenters. The molecule has 0 atom stereocenters. The predicted molar refractivity (Wildman–Crippen MR) is 107 cm³/mol. The monoisotopic (exact) mass is 406 g/mol. The molecule has 1 aromatic heterocycles. The quantitative estimate of drug-likeness (QED) is 0.537.